The lowest BCUT2D eigenvalue weighted by Crippen LogP contribution is -2.59. The number of fused-ring (bicyclic) bond motifs is 1. The number of hydrogen-bond donors (Lipinski definition) is 1. The van der Waals surface area contributed by atoms with Crippen LogP contribution in [0.3, 0.4) is 0 Å². The van der Waals surface area contributed by atoms with Crippen LogP contribution in [0.1, 0.15) is 62.3 Å². The lowest BCUT2D eigenvalue weighted by molar-refractivity contribution is -0.150. The number of nitrogens with one attached hydrogen (secondary N) is 1. The van der Waals surface area contributed by atoms with E-state index in [9.17, 15) is 0 Å². The summed E-state index contributed by atoms with van der Waals surface area (Å²) in [6, 6.07) is 17.1. The largest absolute Gasteiger partial charge is 0.477 e. The van der Waals surface area contributed by atoms with E-state index in [1.54, 1.807) is 11.9 Å². The van der Waals surface area contributed by atoms with Crippen molar-refractivity contribution in [2.75, 3.05) is 6.61 Å². The highest BCUT2D eigenvalue weighted by atomic mass is 32.2. The van der Waals surface area contributed by atoms with Crippen LogP contribution in [-0.4, -0.2) is 31.9 Å². The molecule has 1 aromatic heterocycles. The molecule has 37 heavy (non-hydrogen) atoms. The Kier molecular flexibility index (Phi) is 6.41. The SMILES string of the molecule is CC1(C)C2CC3OB(C(Cc4coc5ccccc45)NSCc4cccc(C5CCCO5)c4)OC3C1C2. The maximum atomic E-state index is 6.72. The first-order valence-corrected chi connectivity index (χ1v) is 14.9. The minimum Gasteiger partial charge on any atom is -0.464 e. The minimum absolute atomic E-state index is 0.0262. The van der Waals surface area contributed by atoms with Gasteiger partial charge in [0.2, 0.25) is 0 Å². The summed E-state index contributed by atoms with van der Waals surface area (Å²) in [5.74, 6) is 2.26. The highest BCUT2D eigenvalue weighted by Crippen LogP contribution is 2.61. The van der Waals surface area contributed by atoms with Crippen molar-refractivity contribution >= 4 is 30.0 Å². The van der Waals surface area contributed by atoms with Gasteiger partial charge < -0.3 is 18.5 Å². The van der Waals surface area contributed by atoms with Crippen LogP contribution in [0.15, 0.2) is 59.2 Å². The van der Waals surface area contributed by atoms with Crippen LogP contribution in [-0.2, 0) is 26.2 Å². The average molecular weight is 518 g/mol. The van der Waals surface area contributed by atoms with E-state index in [-0.39, 0.29) is 31.4 Å². The van der Waals surface area contributed by atoms with Crippen molar-refractivity contribution in [2.45, 2.75) is 76.0 Å². The van der Waals surface area contributed by atoms with Gasteiger partial charge in [-0.25, -0.2) is 0 Å². The Morgan fingerprint density at radius 1 is 1.11 bits per heavy atom. The van der Waals surface area contributed by atoms with Crippen molar-refractivity contribution in [3.63, 3.8) is 0 Å². The smallest absolute Gasteiger partial charge is 0.464 e. The molecule has 8 rings (SSSR count). The molecule has 0 spiro atoms. The van der Waals surface area contributed by atoms with Crippen LogP contribution in [0, 0.1) is 17.3 Å². The van der Waals surface area contributed by atoms with Crippen LogP contribution in [0.25, 0.3) is 11.0 Å². The van der Waals surface area contributed by atoms with E-state index >= 15 is 0 Å². The van der Waals surface area contributed by atoms with E-state index in [0.717, 1.165) is 49.5 Å². The van der Waals surface area contributed by atoms with E-state index in [2.05, 4.69) is 55.0 Å². The molecule has 0 radical (unpaired) electrons. The zero-order chi connectivity index (χ0) is 25.0. The second-order valence-corrected chi connectivity index (χ2v) is 12.8. The third kappa shape index (κ3) is 4.47. The monoisotopic (exact) mass is 517 g/mol. The lowest BCUT2D eigenvalue weighted by Gasteiger charge is -2.60. The predicted octanol–water partition coefficient (Wildman–Crippen LogP) is 6.51. The number of benzene rings is 2. The average Bonchev–Trinajstić information content (AvgIpc) is 3.68. The summed E-state index contributed by atoms with van der Waals surface area (Å²) >= 11 is 1.74. The third-order valence-electron chi connectivity index (χ3n) is 9.48. The zero-order valence-electron chi connectivity index (χ0n) is 21.7. The molecule has 0 amide bonds. The van der Waals surface area contributed by atoms with Crippen LogP contribution in [0.5, 0.6) is 0 Å². The summed E-state index contributed by atoms with van der Waals surface area (Å²) in [4.78, 5) is 0. The van der Waals surface area contributed by atoms with E-state index in [4.69, 9.17) is 18.5 Å². The molecule has 5 nitrogen and oxygen atoms in total. The molecule has 3 aliphatic carbocycles. The molecule has 2 bridgehead atoms. The van der Waals surface area contributed by atoms with Gasteiger partial charge in [0.25, 0.3) is 0 Å². The Morgan fingerprint density at radius 3 is 2.89 bits per heavy atom. The molecule has 6 atom stereocenters. The zero-order valence-corrected chi connectivity index (χ0v) is 22.5. The Labute approximate surface area is 224 Å². The minimum atomic E-state index is -0.260. The highest BCUT2D eigenvalue weighted by Gasteiger charge is 2.62. The summed E-state index contributed by atoms with van der Waals surface area (Å²) in [7, 11) is -0.260. The molecule has 3 heterocycles. The molecule has 3 aromatic rings. The van der Waals surface area contributed by atoms with Gasteiger partial charge in [-0.15, -0.1) is 0 Å². The molecule has 2 aliphatic heterocycles. The van der Waals surface area contributed by atoms with E-state index in [1.807, 2.05) is 18.4 Å². The Morgan fingerprint density at radius 2 is 2.03 bits per heavy atom. The molecular formula is C30H36BNO4S. The Hall–Kier alpha value is -1.77. The van der Waals surface area contributed by atoms with Crippen LogP contribution in [0.4, 0.5) is 0 Å². The molecule has 7 heteroatoms. The molecule has 2 aromatic carbocycles. The van der Waals surface area contributed by atoms with Gasteiger partial charge in [-0.2, -0.15) is 0 Å². The predicted molar refractivity (Wildman–Crippen MR) is 148 cm³/mol. The van der Waals surface area contributed by atoms with Crippen LogP contribution >= 0.6 is 11.9 Å². The van der Waals surface area contributed by atoms with E-state index in [1.165, 1.54) is 28.5 Å². The third-order valence-corrected chi connectivity index (χ3v) is 10.4. The fraction of sp³-hybridized carbons (Fsp3) is 0.533. The normalized spacial score (nSPS) is 30.9. The van der Waals surface area contributed by atoms with Gasteiger partial charge in [-0.05, 0) is 72.1 Å². The first-order valence-electron chi connectivity index (χ1n) is 13.9. The molecule has 2 saturated heterocycles. The standard InChI is InChI=1S/C30H36BNO4S/c1-30(2)22-15-24(30)29-27(16-22)35-31(36-29)28(14-21-17-34-26-10-4-3-9-23(21)26)32-37-18-19-7-5-8-20(13-19)25-11-6-12-33-25/h3-5,7-10,13,17,22,24-25,27-29,32H,6,11-12,14-16,18H2,1-2H3. The van der Waals surface area contributed by atoms with Gasteiger partial charge in [0.05, 0.1) is 30.5 Å². The van der Waals surface area contributed by atoms with Gasteiger partial charge >= 0.3 is 7.12 Å². The Balaban J connectivity index is 1.07. The number of hydrogen-bond acceptors (Lipinski definition) is 6. The van der Waals surface area contributed by atoms with Gasteiger partial charge in [0.1, 0.15) is 5.58 Å². The number of ether oxygens (including phenoxy) is 1. The summed E-state index contributed by atoms with van der Waals surface area (Å²) < 4.78 is 28.9. The highest BCUT2D eigenvalue weighted by molar-refractivity contribution is 7.96. The van der Waals surface area contributed by atoms with Gasteiger partial charge in [-0.3, -0.25) is 4.72 Å². The maximum absolute atomic E-state index is 6.72. The van der Waals surface area contributed by atoms with Gasteiger partial charge in [-0.1, -0.05) is 68.3 Å². The lowest BCUT2D eigenvalue weighted by atomic mass is 9.47. The van der Waals surface area contributed by atoms with Gasteiger partial charge in [0, 0.05) is 17.7 Å². The molecule has 1 N–H and O–H groups in total. The number of rotatable bonds is 8. The molecule has 5 aliphatic rings. The molecule has 194 valence electrons. The number of furan rings is 1. The topological polar surface area (TPSA) is 52.9 Å². The first-order chi connectivity index (χ1) is 18.1. The van der Waals surface area contributed by atoms with Crippen molar-refractivity contribution in [3.05, 3.63) is 71.5 Å². The summed E-state index contributed by atoms with van der Waals surface area (Å²) in [5.41, 5.74) is 5.10. The maximum Gasteiger partial charge on any atom is 0.477 e. The molecular weight excluding hydrogens is 481 g/mol. The van der Waals surface area contributed by atoms with E-state index in [0.29, 0.717) is 11.3 Å². The molecule has 6 unspecified atom stereocenters. The Bertz CT molecular complexity index is 1260. The summed E-state index contributed by atoms with van der Waals surface area (Å²) in [6.07, 6.45) is 8.05. The van der Waals surface area contributed by atoms with Crippen LogP contribution < -0.4 is 4.72 Å². The fourth-order valence-corrected chi connectivity index (χ4v) is 7.97. The van der Waals surface area contributed by atoms with Crippen molar-refractivity contribution in [1.82, 2.24) is 4.72 Å². The van der Waals surface area contributed by atoms with Crippen molar-refractivity contribution < 1.29 is 18.5 Å². The van der Waals surface area contributed by atoms with Crippen molar-refractivity contribution in [1.29, 1.82) is 0 Å². The second kappa shape index (κ2) is 9.76. The van der Waals surface area contributed by atoms with Crippen LogP contribution in [0.2, 0.25) is 0 Å². The molecule has 3 saturated carbocycles. The summed E-state index contributed by atoms with van der Waals surface area (Å²) in [5, 5.41) is 1.17. The van der Waals surface area contributed by atoms with Crippen molar-refractivity contribution in [2.24, 2.45) is 17.3 Å². The quantitative estimate of drug-likeness (QED) is 0.272. The molecule has 5 fully saturated rings. The van der Waals surface area contributed by atoms with Gasteiger partial charge in [0.15, 0.2) is 0 Å². The summed E-state index contributed by atoms with van der Waals surface area (Å²) in [6.45, 7) is 5.69. The fourth-order valence-electron chi connectivity index (χ4n) is 7.13. The number of para-hydroxylation sites is 1. The first kappa shape index (κ1) is 24.3. The second-order valence-electron chi connectivity index (χ2n) is 12.0. The van der Waals surface area contributed by atoms with E-state index < -0.39 is 0 Å². The van der Waals surface area contributed by atoms with Crippen molar-refractivity contribution in [3.8, 4) is 0 Å².